The van der Waals surface area contributed by atoms with Crippen molar-refractivity contribution in [3.05, 3.63) is 30.1 Å². The molecule has 112 valence electrons. The summed E-state index contributed by atoms with van der Waals surface area (Å²) < 4.78 is 4.30. The largest absolute Gasteiger partial charge is 0.306 e. The first-order chi connectivity index (χ1) is 10.8. The van der Waals surface area contributed by atoms with Crippen molar-refractivity contribution >= 4 is 45.1 Å². The minimum Gasteiger partial charge on any atom is -0.306 e. The van der Waals surface area contributed by atoms with E-state index in [1.54, 1.807) is 23.1 Å². The third-order valence-electron chi connectivity index (χ3n) is 2.97. The van der Waals surface area contributed by atoms with Crippen molar-refractivity contribution in [2.45, 2.75) is 28.7 Å². The highest BCUT2D eigenvalue weighted by Gasteiger charge is 2.12. The summed E-state index contributed by atoms with van der Waals surface area (Å²) >= 11 is 4.80. The monoisotopic (exact) mass is 347 g/mol. The average Bonchev–Trinajstić information content (AvgIpc) is 3.13. The molecule has 0 fully saturated rings. The Balaban J connectivity index is 1.73. The Hall–Kier alpha value is -1.56. The summed E-state index contributed by atoms with van der Waals surface area (Å²) in [6.45, 7) is 2.86. The molecule has 0 saturated carbocycles. The zero-order valence-electron chi connectivity index (χ0n) is 11.9. The van der Waals surface area contributed by atoms with E-state index in [2.05, 4.69) is 38.8 Å². The van der Waals surface area contributed by atoms with Crippen molar-refractivity contribution < 1.29 is 0 Å². The summed E-state index contributed by atoms with van der Waals surface area (Å²) in [5, 5.41) is 17.9. The highest BCUT2D eigenvalue weighted by molar-refractivity contribution is 8.00. The maximum atomic E-state index is 8.68. The van der Waals surface area contributed by atoms with Crippen LogP contribution in [-0.4, -0.2) is 25.5 Å². The fraction of sp³-hybridized carbons (Fsp3) is 0.286. The molecule has 2 heterocycles. The number of nitrogens with zero attached hydrogens (tertiary/aromatic N) is 5. The lowest BCUT2D eigenvalue weighted by Gasteiger charge is -2.04. The summed E-state index contributed by atoms with van der Waals surface area (Å²) in [5.41, 5.74) is 1.04. The lowest BCUT2D eigenvalue weighted by molar-refractivity contribution is 0.659. The summed E-state index contributed by atoms with van der Waals surface area (Å²) in [6.07, 6.45) is 0. The van der Waals surface area contributed by atoms with E-state index >= 15 is 0 Å². The van der Waals surface area contributed by atoms with Gasteiger partial charge in [-0.2, -0.15) is 5.26 Å². The molecule has 0 radical (unpaired) electrons. The molecule has 0 unspecified atom stereocenters. The fourth-order valence-corrected chi connectivity index (χ4v) is 4.68. The lowest BCUT2D eigenvalue weighted by atomic mass is 10.3. The Kier molecular flexibility index (Phi) is 4.97. The van der Waals surface area contributed by atoms with Crippen LogP contribution in [0.3, 0.4) is 0 Å². The van der Waals surface area contributed by atoms with Gasteiger partial charge in [-0.05, 0) is 19.1 Å². The third kappa shape index (κ3) is 3.27. The van der Waals surface area contributed by atoms with Gasteiger partial charge in [-0.15, -0.1) is 21.5 Å². The summed E-state index contributed by atoms with van der Waals surface area (Å²) in [7, 11) is 0. The normalized spacial score (nSPS) is 10.9. The predicted molar refractivity (Wildman–Crippen MR) is 91.2 cm³/mol. The summed E-state index contributed by atoms with van der Waals surface area (Å²) in [4.78, 5) is 4.62. The van der Waals surface area contributed by atoms with Crippen LogP contribution < -0.4 is 0 Å². The van der Waals surface area contributed by atoms with Crippen LogP contribution in [0.5, 0.6) is 0 Å². The van der Waals surface area contributed by atoms with Gasteiger partial charge in [-0.1, -0.05) is 35.7 Å². The summed E-state index contributed by atoms with van der Waals surface area (Å²) in [6, 6.07) is 10.3. The van der Waals surface area contributed by atoms with Crippen molar-refractivity contribution in [1.29, 1.82) is 5.26 Å². The van der Waals surface area contributed by atoms with Crippen LogP contribution >= 0.6 is 34.9 Å². The number of hydrogen-bond donors (Lipinski definition) is 0. The van der Waals surface area contributed by atoms with Crippen LogP contribution in [0, 0.1) is 11.3 Å². The molecule has 0 aliphatic carbocycles. The van der Waals surface area contributed by atoms with Crippen LogP contribution in [0.1, 0.15) is 12.7 Å². The van der Waals surface area contributed by atoms with Gasteiger partial charge >= 0.3 is 0 Å². The van der Waals surface area contributed by atoms with Crippen LogP contribution in [0.2, 0.25) is 0 Å². The molecule has 0 atom stereocenters. The van der Waals surface area contributed by atoms with Gasteiger partial charge in [0.05, 0.1) is 27.8 Å². The van der Waals surface area contributed by atoms with Crippen molar-refractivity contribution in [3.8, 4) is 6.07 Å². The molecule has 22 heavy (non-hydrogen) atoms. The number of thioether (sulfide) groups is 2. The number of aromatic nitrogens is 4. The maximum Gasteiger partial charge on any atom is 0.192 e. The Morgan fingerprint density at radius 3 is 2.91 bits per heavy atom. The van der Waals surface area contributed by atoms with Gasteiger partial charge in [-0.3, -0.25) is 0 Å². The third-order valence-corrected chi connectivity index (χ3v) is 5.98. The molecule has 0 spiro atoms. The second-order valence-electron chi connectivity index (χ2n) is 4.33. The molecule has 0 saturated heterocycles. The lowest BCUT2D eigenvalue weighted by Crippen LogP contribution is -2.02. The Morgan fingerprint density at radius 2 is 2.14 bits per heavy atom. The molecule has 3 rings (SSSR count). The van der Waals surface area contributed by atoms with E-state index in [9.17, 15) is 0 Å². The molecule has 1 aromatic carbocycles. The van der Waals surface area contributed by atoms with Gasteiger partial charge in [0.2, 0.25) is 0 Å². The van der Waals surface area contributed by atoms with E-state index < -0.39 is 0 Å². The second-order valence-corrected chi connectivity index (χ2v) is 7.52. The smallest absolute Gasteiger partial charge is 0.192 e. The van der Waals surface area contributed by atoms with Gasteiger partial charge < -0.3 is 4.57 Å². The molecule has 0 N–H and O–H groups in total. The number of hydrogen-bond acceptors (Lipinski definition) is 7. The molecule has 0 aliphatic heterocycles. The van der Waals surface area contributed by atoms with Crippen LogP contribution in [0.25, 0.3) is 10.2 Å². The molecule has 0 amide bonds. The standard InChI is InChI=1S/C14H13N5S3/c1-2-19-12(17-18-13(19)20-8-7-15)9-21-14-16-10-5-3-4-6-11(10)22-14/h3-6H,2,8-9H2,1H3. The van der Waals surface area contributed by atoms with E-state index in [1.165, 1.54) is 16.5 Å². The van der Waals surface area contributed by atoms with Crippen molar-refractivity contribution in [2.24, 2.45) is 0 Å². The minimum absolute atomic E-state index is 0.392. The van der Waals surface area contributed by atoms with Gasteiger partial charge in [-0.25, -0.2) is 4.98 Å². The first kappa shape index (κ1) is 15.3. The molecule has 0 bridgehead atoms. The van der Waals surface area contributed by atoms with Crippen LogP contribution in [0.15, 0.2) is 33.8 Å². The topological polar surface area (TPSA) is 67.4 Å². The number of thiazole rings is 1. The van der Waals surface area contributed by atoms with Crippen molar-refractivity contribution in [3.63, 3.8) is 0 Å². The Bertz CT molecular complexity index is 784. The highest BCUT2D eigenvalue weighted by Crippen LogP contribution is 2.31. The van der Waals surface area contributed by atoms with Gasteiger partial charge in [0, 0.05) is 6.54 Å². The second kappa shape index (κ2) is 7.13. The number of benzene rings is 1. The zero-order chi connectivity index (χ0) is 15.4. The highest BCUT2D eigenvalue weighted by atomic mass is 32.2. The zero-order valence-corrected chi connectivity index (χ0v) is 14.3. The van der Waals surface area contributed by atoms with E-state index in [0.29, 0.717) is 5.75 Å². The first-order valence-electron chi connectivity index (χ1n) is 6.72. The summed E-state index contributed by atoms with van der Waals surface area (Å²) in [5.74, 6) is 2.05. The number of para-hydroxylation sites is 1. The van der Waals surface area contributed by atoms with Crippen LogP contribution in [-0.2, 0) is 12.3 Å². The molecule has 2 aromatic heterocycles. The number of fused-ring (bicyclic) bond motifs is 1. The Morgan fingerprint density at radius 1 is 1.27 bits per heavy atom. The Labute approximate surface area is 140 Å². The molecular weight excluding hydrogens is 334 g/mol. The number of nitriles is 1. The van der Waals surface area contributed by atoms with E-state index in [-0.39, 0.29) is 0 Å². The SMILES string of the molecule is CCn1c(CSc2nc3ccccc3s2)nnc1SCC#N. The van der Waals surface area contributed by atoms with E-state index in [1.807, 2.05) is 18.2 Å². The van der Waals surface area contributed by atoms with Gasteiger partial charge in [0.25, 0.3) is 0 Å². The quantitative estimate of drug-likeness (QED) is 0.632. The molecule has 3 aromatic rings. The van der Waals surface area contributed by atoms with E-state index in [4.69, 9.17) is 5.26 Å². The maximum absolute atomic E-state index is 8.68. The van der Waals surface area contributed by atoms with Gasteiger partial charge in [0.15, 0.2) is 9.50 Å². The van der Waals surface area contributed by atoms with Crippen molar-refractivity contribution in [2.75, 3.05) is 5.75 Å². The first-order valence-corrected chi connectivity index (χ1v) is 9.50. The average molecular weight is 347 g/mol. The predicted octanol–water partition coefficient (Wildman–Crippen LogP) is 3.82. The van der Waals surface area contributed by atoms with Crippen LogP contribution in [0.4, 0.5) is 0 Å². The minimum atomic E-state index is 0.392. The van der Waals surface area contributed by atoms with Gasteiger partial charge in [0.1, 0.15) is 5.82 Å². The fourth-order valence-electron chi connectivity index (χ4n) is 1.99. The molecular formula is C14H13N5S3. The number of rotatable bonds is 6. The molecule has 5 nitrogen and oxygen atoms in total. The molecule has 0 aliphatic rings. The van der Waals surface area contributed by atoms with Crippen molar-refractivity contribution in [1.82, 2.24) is 19.7 Å². The van der Waals surface area contributed by atoms with E-state index in [0.717, 1.165) is 33.1 Å². The molecule has 8 heteroatoms.